The summed E-state index contributed by atoms with van der Waals surface area (Å²) in [7, 11) is 1.61. The van der Waals surface area contributed by atoms with Gasteiger partial charge in [0, 0.05) is 11.5 Å². The summed E-state index contributed by atoms with van der Waals surface area (Å²) in [6.45, 7) is 3.60. The zero-order valence-corrected chi connectivity index (χ0v) is 12.5. The molecule has 1 aromatic carbocycles. The lowest BCUT2D eigenvalue weighted by molar-refractivity contribution is -0.126. The number of ether oxygens (including phenoxy) is 1. The maximum absolute atomic E-state index is 11.3. The molecule has 0 fully saturated rings. The van der Waals surface area contributed by atoms with Crippen molar-refractivity contribution in [1.29, 1.82) is 0 Å². The molecule has 1 amide bonds. The number of primary amides is 1. The van der Waals surface area contributed by atoms with Gasteiger partial charge >= 0.3 is 0 Å². The molecule has 5 heteroatoms. The highest BCUT2D eigenvalue weighted by molar-refractivity contribution is 9.10. The fourth-order valence-corrected chi connectivity index (χ4v) is 2.24. The number of halogens is 1. The molecule has 1 atom stereocenters. The Morgan fingerprint density at radius 1 is 1.50 bits per heavy atom. The Kier molecular flexibility index (Phi) is 4.76. The van der Waals surface area contributed by atoms with E-state index >= 15 is 0 Å². The zero-order chi connectivity index (χ0) is 13.9. The van der Waals surface area contributed by atoms with Gasteiger partial charge in [0.25, 0.3) is 0 Å². The van der Waals surface area contributed by atoms with Gasteiger partial charge in [-0.05, 0) is 40.0 Å². The van der Waals surface area contributed by atoms with Crippen LogP contribution in [0.1, 0.15) is 31.9 Å². The maximum atomic E-state index is 11.3. The van der Waals surface area contributed by atoms with Crippen LogP contribution in [0, 0.1) is 5.41 Å². The summed E-state index contributed by atoms with van der Waals surface area (Å²) in [5.74, 6) is 0.408. The number of hydrogen-bond acceptors (Lipinski definition) is 3. The number of rotatable bonds is 5. The van der Waals surface area contributed by atoms with Crippen molar-refractivity contribution in [3.63, 3.8) is 0 Å². The molecule has 0 saturated heterocycles. The van der Waals surface area contributed by atoms with E-state index in [1.807, 2.05) is 18.2 Å². The molecule has 0 aliphatic heterocycles. The number of carbonyl (C=O) groups is 1. The van der Waals surface area contributed by atoms with Crippen molar-refractivity contribution in [1.82, 2.24) is 0 Å². The molecule has 1 rings (SSSR count). The third-order valence-electron chi connectivity index (χ3n) is 3.00. The SMILES string of the molecule is COc1ccc(C(N)CC(C)(C)C(N)=O)cc1Br. The van der Waals surface area contributed by atoms with Crippen LogP contribution in [0.5, 0.6) is 5.75 Å². The minimum absolute atomic E-state index is 0.241. The Morgan fingerprint density at radius 3 is 2.56 bits per heavy atom. The van der Waals surface area contributed by atoms with Crippen LogP contribution in [0.3, 0.4) is 0 Å². The summed E-state index contributed by atoms with van der Waals surface area (Å²) in [6, 6.07) is 5.40. The highest BCUT2D eigenvalue weighted by Gasteiger charge is 2.28. The van der Waals surface area contributed by atoms with Gasteiger partial charge in [0.1, 0.15) is 5.75 Å². The van der Waals surface area contributed by atoms with Gasteiger partial charge in [0.15, 0.2) is 0 Å². The predicted octanol–water partition coefficient (Wildman–Crippen LogP) is 2.36. The number of hydrogen-bond donors (Lipinski definition) is 2. The first-order chi connectivity index (χ1) is 8.27. The quantitative estimate of drug-likeness (QED) is 0.875. The van der Waals surface area contributed by atoms with Gasteiger partial charge in [-0.1, -0.05) is 19.9 Å². The summed E-state index contributed by atoms with van der Waals surface area (Å²) >= 11 is 3.41. The summed E-state index contributed by atoms with van der Waals surface area (Å²) in [6.07, 6.45) is 0.501. The van der Waals surface area contributed by atoms with Crippen LogP contribution in [0.25, 0.3) is 0 Å². The Labute approximate surface area is 116 Å². The van der Waals surface area contributed by atoms with Gasteiger partial charge in [-0.15, -0.1) is 0 Å². The molecule has 0 bridgehead atoms. The summed E-state index contributed by atoms with van der Waals surface area (Å²) < 4.78 is 6.00. The molecule has 1 aromatic rings. The van der Waals surface area contributed by atoms with Crippen molar-refractivity contribution in [2.45, 2.75) is 26.3 Å². The van der Waals surface area contributed by atoms with E-state index in [2.05, 4.69) is 15.9 Å². The van der Waals surface area contributed by atoms with Gasteiger partial charge in [-0.25, -0.2) is 0 Å². The summed E-state index contributed by atoms with van der Waals surface area (Å²) in [5, 5.41) is 0. The minimum atomic E-state index is -0.619. The summed E-state index contributed by atoms with van der Waals surface area (Å²) in [5.41, 5.74) is 11.8. The fraction of sp³-hybridized carbons (Fsp3) is 0.462. The molecule has 4 nitrogen and oxygen atoms in total. The maximum Gasteiger partial charge on any atom is 0.223 e. The lowest BCUT2D eigenvalue weighted by Crippen LogP contribution is -2.34. The standard InChI is InChI=1S/C13H19BrN2O2/c1-13(2,12(16)17)7-10(15)8-4-5-11(18-3)9(14)6-8/h4-6,10H,7,15H2,1-3H3,(H2,16,17). The number of carbonyl (C=O) groups excluding carboxylic acids is 1. The molecule has 0 aromatic heterocycles. The van der Waals surface area contributed by atoms with Crippen molar-refractivity contribution < 1.29 is 9.53 Å². The number of amides is 1. The Morgan fingerprint density at radius 2 is 2.11 bits per heavy atom. The summed E-state index contributed by atoms with van der Waals surface area (Å²) in [4.78, 5) is 11.3. The third-order valence-corrected chi connectivity index (χ3v) is 3.62. The fourth-order valence-electron chi connectivity index (χ4n) is 1.68. The molecule has 18 heavy (non-hydrogen) atoms. The van der Waals surface area contributed by atoms with E-state index in [1.165, 1.54) is 0 Å². The van der Waals surface area contributed by atoms with E-state index in [0.29, 0.717) is 6.42 Å². The third kappa shape index (κ3) is 3.46. The van der Waals surface area contributed by atoms with Crippen LogP contribution in [-0.2, 0) is 4.79 Å². The van der Waals surface area contributed by atoms with E-state index in [4.69, 9.17) is 16.2 Å². The molecule has 100 valence electrons. The first-order valence-electron chi connectivity index (χ1n) is 5.67. The molecule has 0 heterocycles. The lowest BCUT2D eigenvalue weighted by Gasteiger charge is -2.25. The van der Waals surface area contributed by atoms with Gasteiger partial charge in [0.05, 0.1) is 11.6 Å². The van der Waals surface area contributed by atoms with Crippen LogP contribution in [0.15, 0.2) is 22.7 Å². The first kappa shape index (κ1) is 15.0. The van der Waals surface area contributed by atoms with E-state index in [1.54, 1.807) is 21.0 Å². The van der Waals surface area contributed by atoms with Gasteiger partial charge in [-0.3, -0.25) is 4.79 Å². The average Bonchev–Trinajstić information content (AvgIpc) is 2.28. The average molecular weight is 315 g/mol. The van der Waals surface area contributed by atoms with Crippen LogP contribution < -0.4 is 16.2 Å². The second-order valence-corrected chi connectivity index (χ2v) is 5.81. The second-order valence-electron chi connectivity index (χ2n) is 4.95. The number of benzene rings is 1. The predicted molar refractivity (Wildman–Crippen MR) is 75.2 cm³/mol. The van der Waals surface area contributed by atoms with Gasteiger partial charge < -0.3 is 16.2 Å². The Balaban J connectivity index is 2.88. The van der Waals surface area contributed by atoms with E-state index < -0.39 is 5.41 Å². The molecule has 1 unspecified atom stereocenters. The van der Waals surface area contributed by atoms with E-state index in [0.717, 1.165) is 15.8 Å². The molecule has 0 spiro atoms. The van der Waals surface area contributed by atoms with Crippen LogP contribution in [0.2, 0.25) is 0 Å². The van der Waals surface area contributed by atoms with Gasteiger partial charge in [-0.2, -0.15) is 0 Å². The minimum Gasteiger partial charge on any atom is -0.496 e. The molecular formula is C13H19BrN2O2. The zero-order valence-electron chi connectivity index (χ0n) is 10.9. The molecule has 0 aliphatic rings. The lowest BCUT2D eigenvalue weighted by atomic mass is 9.83. The van der Waals surface area contributed by atoms with Crippen molar-refractivity contribution >= 4 is 21.8 Å². The Hall–Kier alpha value is -1.07. The van der Waals surface area contributed by atoms with Gasteiger partial charge in [0.2, 0.25) is 5.91 Å². The largest absolute Gasteiger partial charge is 0.496 e. The van der Waals surface area contributed by atoms with Crippen molar-refractivity contribution in [3.05, 3.63) is 28.2 Å². The van der Waals surface area contributed by atoms with Crippen molar-refractivity contribution in [3.8, 4) is 5.75 Å². The normalized spacial score (nSPS) is 13.2. The first-order valence-corrected chi connectivity index (χ1v) is 6.46. The molecule has 4 N–H and O–H groups in total. The van der Waals surface area contributed by atoms with Crippen molar-refractivity contribution in [2.24, 2.45) is 16.9 Å². The molecule has 0 saturated carbocycles. The smallest absolute Gasteiger partial charge is 0.223 e. The highest BCUT2D eigenvalue weighted by atomic mass is 79.9. The Bertz CT molecular complexity index is 447. The molecule has 0 aliphatic carbocycles. The highest BCUT2D eigenvalue weighted by Crippen LogP contribution is 2.32. The molecule has 0 radical (unpaired) electrons. The van der Waals surface area contributed by atoms with E-state index in [-0.39, 0.29) is 11.9 Å². The van der Waals surface area contributed by atoms with E-state index in [9.17, 15) is 4.79 Å². The number of methoxy groups -OCH3 is 1. The second kappa shape index (κ2) is 5.71. The van der Waals surface area contributed by atoms with Crippen LogP contribution >= 0.6 is 15.9 Å². The van der Waals surface area contributed by atoms with Crippen LogP contribution in [-0.4, -0.2) is 13.0 Å². The van der Waals surface area contributed by atoms with Crippen LogP contribution in [0.4, 0.5) is 0 Å². The number of nitrogens with two attached hydrogens (primary N) is 2. The monoisotopic (exact) mass is 314 g/mol. The van der Waals surface area contributed by atoms with Crippen molar-refractivity contribution in [2.75, 3.05) is 7.11 Å². The topological polar surface area (TPSA) is 78.3 Å². The molecular weight excluding hydrogens is 296 g/mol.